The van der Waals surface area contributed by atoms with Crippen molar-refractivity contribution >= 4 is 48.5 Å². The topological polar surface area (TPSA) is 45.2 Å². The van der Waals surface area contributed by atoms with Crippen molar-refractivity contribution in [2.24, 2.45) is 0 Å². The van der Waals surface area contributed by atoms with Gasteiger partial charge in [-0.3, -0.25) is 4.79 Å². The number of nitrogens with one attached hydrogen (secondary N) is 1. The van der Waals surface area contributed by atoms with Gasteiger partial charge < -0.3 is 10.2 Å². The van der Waals surface area contributed by atoms with Gasteiger partial charge in [-0.15, -0.1) is 0 Å². The zero-order valence-electron chi connectivity index (χ0n) is 14.4. The number of fused-ring (bicyclic) bond motifs is 1. The standard InChI is InChI=1S/C20H20BrN3OS/c21-16-7-3-2-6-15(16)13-22-19(25)14-8-9-17-18(12-14)26-20(23-17)24-10-4-1-5-11-24/h2-3,6-9,12H,1,4-5,10-11,13H2,(H,22,25). The van der Waals surface area contributed by atoms with Crippen molar-refractivity contribution in [3.8, 4) is 0 Å². The Kier molecular flexibility index (Phi) is 5.22. The van der Waals surface area contributed by atoms with Crippen molar-refractivity contribution < 1.29 is 4.79 Å². The second-order valence-corrected chi connectivity index (χ2v) is 8.36. The maximum atomic E-state index is 12.5. The first kappa shape index (κ1) is 17.5. The van der Waals surface area contributed by atoms with Gasteiger partial charge in [0.1, 0.15) is 0 Å². The summed E-state index contributed by atoms with van der Waals surface area (Å²) in [4.78, 5) is 19.6. The van der Waals surface area contributed by atoms with E-state index in [2.05, 4.69) is 26.1 Å². The quantitative estimate of drug-likeness (QED) is 0.635. The molecule has 0 saturated carbocycles. The number of benzene rings is 2. The van der Waals surface area contributed by atoms with Crippen molar-refractivity contribution in [2.45, 2.75) is 25.8 Å². The molecule has 0 unspecified atom stereocenters. The number of nitrogens with zero attached hydrogens (tertiary/aromatic N) is 2. The van der Waals surface area contributed by atoms with Crippen LogP contribution in [0.25, 0.3) is 10.2 Å². The summed E-state index contributed by atoms with van der Waals surface area (Å²) in [7, 11) is 0. The molecular weight excluding hydrogens is 410 g/mol. The Balaban J connectivity index is 1.49. The molecule has 0 spiro atoms. The number of halogens is 1. The highest BCUT2D eigenvalue weighted by molar-refractivity contribution is 9.10. The third-order valence-corrected chi connectivity index (χ3v) is 6.52. The molecule has 1 N–H and O–H groups in total. The number of rotatable bonds is 4. The lowest BCUT2D eigenvalue weighted by molar-refractivity contribution is 0.0951. The second kappa shape index (κ2) is 7.76. The number of carbonyl (C=O) groups excluding carboxylic acids is 1. The van der Waals surface area contributed by atoms with E-state index >= 15 is 0 Å². The minimum Gasteiger partial charge on any atom is -0.348 e. The van der Waals surface area contributed by atoms with E-state index in [4.69, 9.17) is 4.98 Å². The van der Waals surface area contributed by atoms with Crippen LogP contribution in [0, 0.1) is 0 Å². The van der Waals surface area contributed by atoms with Crippen LogP contribution in [-0.4, -0.2) is 24.0 Å². The van der Waals surface area contributed by atoms with E-state index in [0.717, 1.165) is 38.5 Å². The Morgan fingerprint density at radius 1 is 1.15 bits per heavy atom. The Morgan fingerprint density at radius 2 is 1.96 bits per heavy atom. The van der Waals surface area contributed by atoms with Crippen LogP contribution >= 0.6 is 27.3 Å². The van der Waals surface area contributed by atoms with E-state index in [0.29, 0.717) is 12.1 Å². The number of thiazole rings is 1. The summed E-state index contributed by atoms with van der Waals surface area (Å²) in [5.74, 6) is -0.0597. The van der Waals surface area contributed by atoms with E-state index in [1.54, 1.807) is 11.3 Å². The van der Waals surface area contributed by atoms with Crippen LogP contribution in [0.2, 0.25) is 0 Å². The molecule has 1 amide bonds. The minimum absolute atomic E-state index is 0.0597. The Bertz CT molecular complexity index is 934. The zero-order valence-corrected chi connectivity index (χ0v) is 16.8. The molecule has 4 rings (SSSR count). The lowest BCUT2D eigenvalue weighted by atomic mass is 10.1. The highest BCUT2D eigenvalue weighted by Crippen LogP contribution is 2.31. The van der Waals surface area contributed by atoms with E-state index < -0.39 is 0 Å². The molecule has 1 saturated heterocycles. The van der Waals surface area contributed by atoms with E-state index in [1.165, 1.54) is 19.3 Å². The molecule has 0 bridgehead atoms. The Morgan fingerprint density at radius 3 is 2.77 bits per heavy atom. The monoisotopic (exact) mass is 429 g/mol. The molecule has 0 aliphatic carbocycles. The smallest absolute Gasteiger partial charge is 0.251 e. The minimum atomic E-state index is -0.0597. The number of carbonyl (C=O) groups is 1. The van der Waals surface area contributed by atoms with Gasteiger partial charge in [0.2, 0.25) is 0 Å². The molecule has 4 nitrogen and oxygen atoms in total. The summed E-state index contributed by atoms with van der Waals surface area (Å²) in [5.41, 5.74) is 2.71. The van der Waals surface area contributed by atoms with Crippen LogP contribution in [0.3, 0.4) is 0 Å². The highest BCUT2D eigenvalue weighted by Gasteiger charge is 2.16. The molecule has 0 radical (unpaired) electrons. The summed E-state index contributed by atoms with van der Waals surface area (Å²) < 4.78 is 2.07. The number of amides is 1. The van der Waals surface area contributed by atoms with Gasteiger partial charge in [-0.2, -0.15) is 0 Å². The summed E-state index contributed by atoms with van der Waals surface area (Å²) in [6.45, 7) is 2.66. The first-order valence-electron chi connectivity index (χ1n) is 8.88. The first-order chi connectivity index (χ1) is 12.7. The summed E-state index contributed by atoms with van der Waals surface area (Å²) in [6, 6.07) is 13.7. The number of anilines is 1. The molecule has 3 aromatic rings. The molecule has 1 aromatic heterocycles. The highest BCUT2D eigenvalue weighted by atomic mass is 79.9. The van der Waals surface area contributed by atoms with Crippen molar-refractivity contribution in [2.75, 3.05) is 18.0 Å². The molecule has 134 valence electrons. The molecule has 6 heteroatoms. The maximum Gasteiger partial charge on any atom is 0.251 e. The van der Waals surface area contributed by atoms with Gasteiger partial charge in [0.25, 0.3) is 5.91 Å². The van der Waals surface area contributed by atoms with E-state index in [9.17, 15) is 4.79 Å². The van der Waals surface area contributed by atoms with Gasteiger partial charge in [0.15, 0.2) is 5.13 Å². The molecule has 26 heavy (non-hydrogen) atoms. The summed E-state index contributed by atoms with van der Waals surface area (Å²) >= 11 is 5.19. The predicted molar refractivity (Wildman–Crippen MR) is 111 cm³/mol. The van der Waals surface area contributed by atoms with Crippen LogP contribution in [0.15, 0.2) is 46.9 Å². The molecule has 2 heterocycles. The molecular formula is C20H20BrN3OS. The lowest BCUT2D eigenvalue weighted by Crippen LogP contribution is -2.29. The van der Waals surface area contributed by atoms with Crippen molar-refractivity contribution in [3.05, 3.63) is 58.1 Å². The van der Waals surface area contributed by atoms with Gasteiger partial charge in [0, 0.05) is 29.7 Å². The first-order valence-corrected chi connectivity index (χ1v) is 10.5. The lowest BCUT2D eigenvalue weighted by Gasteiger charge is -2.25. The summed E-state index contributed by atoms with van der Waals surface area (Å²) in [5, 5.41) is 4.07. The Hall–Kier alpha value is -1.92. The predicted octanol–water partition coefficient (Wildman–Crippen LogP) is 4.98. The number of aromatic nitrogens is 1. The molecule has 1 aliphatic rings. The van der Waals surface area contributed by atoms with Crippen molar-refractivity contribution in [1.82, 2.24) is 10.3 Å². The van der Waals surface area contributed by atoms with Crippen LogP contribution in [-0.2, 0) is 6.54 Å². The number of hydrogen-bond donors (Lipinski definition) is 1. The number of piperidine rings is 1. The second-order valence-electron chi connectivity index (χ2n) is 6.50. The van der Waals surface area contributed by atoms with Crippen molar-refractivity contribution in [1.29, 1.82) is 0 Å². The van der Waals surface area contributed by atoms with Gasteiger partial charge in [0.05, 0.1) is 10.2 Å². The fraction of sp³-hybridized carbons (Fsp3) is 0.300. The Labute approximate surface area is 165 Å². The largest absolute Gasteiger partial charge is 0.348 e. The van der Waals surface area contributed by atoms with Crippen molar-refractivity contribution in [3.63, 3.8) is 0 Å². The van der Waals surface area contributed by atoms with Gasteiger partial charge in [-0.25, -0.2) is 4.98 Å². The van der Waals surface area contributed by atoms with Gasteiger partial charge >= 0.3 is 0 Å². The van der Waals surface area contributed by atoms with Gasteiger partial charge in [-0.05, 0) is 49.1 Å². The fourth-order valence-electron chi connectivity index (χ4n) is 3.19. The molecule has 1 aliphatic heterocycles. The summed E-state index contributed by atoms with van der Waals surface area (Å²) in [6.07, 6.45) is 3.78. The average Bonchev–Trinajstić information content (AvgIpc) is 3.11. The third kappa shape index (κ3) is 3.76. The van der Waals surface area contributed by atoms with Crippen LogP contribution in [0.1, 0.15) is 35.2 Å². The van der Waals surface area contributed by atoms with Crippen LogP contribution < -0.4 is 10.2 Å². The maximum absolute atomic E-state index is 12.5. The van der Waals surface area contributed by atoms with Crippen LogP contribution in [0.5, 0.6) is 0 Å². The van der Waals surface area contributed by atoms with E-state index in [1.807, 2.05) is 42.5 Å². The fourth-order valence-corrected chi connectivity index (χ4v) is 4.67. The normalized spacial score (nSPS) is 14.6. The van der Waals surface area contributed by atoms with Crippen LogP contribution in [0.4, 0.5) is 5.13 Å². The average molecular weight is 430 g/mol. The van der Waals surface area contributed by atoms with E-state index in [-0.39, 0.29) is 5.91 Å². The zero-order chi connectivity index (χ0) is 17.9. The third-order valence-electron chi connectivity index (χ3n) is 4.66. The van der Waals surface area contributed by atoms with Gasteiger partial charge in [-0.1, -0.05) is 45.5 Å². The molecule has 1 fully saturated rings. The SMILES string of the molecule is O=C(NCc1ccccc1Br)c1ccc2nc(N3CCCCC3)sc2c1. The molecule has 0 atom stereocenters. The number of hydrogen-bond acceptors (Lipinski definition) is 4. The molecule has 2 aromatic carbocycles.